The van der Waals surface area contributed by atoms with Gasteiger partial charge in [0.2, 0.25) is 0 Å². The van der Waals surface area contributed by atoms with Crippen molar-refractivity contribution in [3.63, 3.8) is 0 Å². The van der Waals surface area contributed by atoms with Crippen LogP contribution in [0.15, 0.2) is 23.2 Å². The molecule has 7 nitrogen and oxygen atoms in total. The van der Waals surface area contributed by atoms with Gasteiger partial charge in [0, 0.05) is 5.92 Å². The molecule has 0 aliphatic rings. The number of fused-ring (bicyclic) bond motifs is 1. The van der Waals surface area contributed by atoms with Crippen LogP contribution in [0.3, 0.4) is 0 Å². The van der Waals surface area contributed by atoms with E-state index < -0.39 is 11.9 Å². The fourth-order valence-electron chi connectivity index (χ4n) is 1.97. The molecule has 0 saturated heterocycles. The van der Waals surface area contributed by atoms with E-state index in [0.29, 0.717) is 15.9 Å². The lowest BCUT2D eigenvalue weighted by molar-refractivity contribution is -0.141. The Balaban J connectivity index is 2.65. The van der Waals surface area contributed by atoms with Gasteiger partial charge < -0.3 is 14.0 Å². The second-order valence-corrected chi connectivity index (χ2v) is 6.33. The third-order valence-electron chi connectivity index (χ3n) is 3.32. The van der Waals surface area contributed by atoms with Gasteiger partial charge >= 0.3 is 11.9 Å². The van der Waals surface area contributed by atoms with Crippen LogP contribution in [-0.2, 0) is 25.6 Å². The standard InChI is InChI=1S/C16H18N2O5S/c1-9(2)14(20)17-16-18(8-13(19)22-3)11-6-5-10(15(21)23-4)7-12(11)24-16/h5-7,9H,8H2,1-4H3. The molecule has 0 aliphatic carbocycles. The Bertz CT molecular complexity index is 863. The van der Waals surface area contributed by atoms with E-state index in [2.05, 4.69) is 4.99 Å². The summed E-state index contributed by atoms with van der Waals surface area (Å²) >= 11 is 1.22. The molecule has 2 aromatic rings. The van der Waals surface area contributed by atoms with Crippen LogP contribution in [0, 0.1) is 5.92 Å². The Hall–Kier alpha value is -2.48. The van der Waals surface area contributed by atoms with E-state index in [1.54, 1.807) is 36.6 Å². The van der Waals surface area contributed by atoms with Crippen molar-refractivity contribution < 1.29 is 23.9 Å². The van der Waals surface area contributed by atoms with Crippen molar-refractivity contribution in [3.8, 4) is 0 Å². The first-order chi connectivity index (χ1) is 11.4. The molecule has 24 heavy (non-hydrogen) atoms. The number of benzene rings is 1. The maximum Gasteiger partial charge on any atom is 0.337 e. The summed E-state index contributed by atoms with van der Waals surface area (Å²) in [5.74, 6) is -1.45. The molecule has 0 unspecified atom stereocenters. The van der Waals surface area contributed by atoms with Crippen molar-refractivity contribution in [2.24, 2.45) is 10.9 Å². The average molecular weight is 350 g/mol. The van der Waals surface area contributed by atoms with E-state index >= 15 is 0 Å². The van der Waals surface area contributed by atoms with Gasteiger partial charge in [0.05, 0.1) is 30.0 Å². The fraction of sp³-hybridized carbons (Fsp3) is 0.375. The van der Waals surface area contributed by atoms with Crippen molar-refractivity contribution >= 4 is 39.4 Å². The molecule has 8 heteroatoms. The van der Waals surface area contributed by atoms with Crippen LogP contribution < -0.4 is 4.80 Å². The maximum atomic E-state index is 12.0. The third kappa shape index (κ3) is 3.70. The average Bonchev–Trinajstić information content (AvgIpc) is 2.90. The summed E-state index contributed by atoms with van der Waals surface area (Å²) in [6.45, 7) is 3.43. The number of rotatable bonds is 4. The van der Waals surface area contributed by atoms with Crippen molar-refractivity contribution in [2.45, 2.75) is 20.4 Å². The topological polar surface area (TPSA) is 87.0 Å². The van der Waals surface area contributed by atoms with Gasteiger partial charge in [0.15, 0.2) is 4.80 Å². The first-order valence-corrected chi connectivity index (χ1v) is 8.06. The van der Waals surface area contributed by atoms with Gasteiger partial charge in [-0.15, -0.1) is 0 Å². The van der Waals surface area contributed by atoms with Gasteiger partial charge in [-0.1, -0.05) is 25.2 Å². The van der Waals surface area contributed by atoms with Gasteiger partial charge in [-0.3, -0.25) is 9.59 Å². The molecule has 0 radical (unpaired) electrons. The zero-order chi connectivity index (χ0) is 17.9. The zero-order valence-electron chi connectivity index (χ0n) is 13.9. The Labute approximate surface area is 142 Å². The molecular weight excluding hydrogens is 332 g/mol. The highest BCUT2D eigenvalue weighted by atomic mass is 32.1. The maximum absolute atomic E-state index is 12.0. The number of carbonyl (C=O) groups excluding carboxylic acids is 3. The number of esters is 2. The minimum Gasteiger partial charge on any atom is -0.468 e. The van der Waals surface area contributed by atoms with Gasteiger partial charge in [0.1, 0.15) is 6.54 Å². The van der Waals surface area contributed by atoms with Crippen molar-refractivity contribution in [2.75, 3.05) is 14.2 Å². The molecule has 0 bridgehead atoms. The largest absolute Gasteiger partial charge is 0.468 e. The van der Waals surface area contributed by atoms with E-state index in [4.69, 9.17) is 9.47 Å². The lowest BCUT2D eigenvalue weighted by atomic mass is 10.2. The Morgan fingerprint density at radius 2 is 1.92 bits per heavy atom. The molecule has 0 atom stereocenters. The van der Waals surface area contributed by atoms with Gasteiger partial charge in [-0.25, -0.2) is 4.79 Å². The highest BCUT2D eigenvalue weighted by Crippen LogP contribution is 2.20. The zero-order valence-corrected chi connectivity index (χ0v) is 14.7. The second-order valence-electron chi connectivity index (χ2n) is 5.33. The van der Waals surface area contributed by atoms with Crippen LogP contribution in [-0.4, -0.2) is 36.6 Å². The fourth-order valence-corrected chi connectivity index (χ4v) is 3.05. The first kappa shape index (κ1) is 17.9. The molecule has 0 fully saturated rings. The summed E-state index contributed by atoms with van der Waals surface area (Å²) in [5, 5.41) is 0. The van der Waals surface area contributed by atoms with Crippen molar-refractivity contribution in [1.82, 2.24) is 4.57 Å². The summed E-state index contributed by atoms with van der Waals surface area (Å²) in [6, 6.07) is 4.95. The van der Waals surface area contributed by atoms with Crippen LogP contribution >= 0.6 is 11.3 Å². The Kier molecular flexibility index (Phi) is 5.50. The molecule has 0 aliphatic heterocycles. The summed E-state index contributed by atoms with van der Waals surface area (Å²) in [4.78, 5) is 39.8. The Morgan fingerprint density at radius 1 is 1.21 bits per heavy atom. The molecule has 128 valence electrons. The van der Waals surface area contributed by atoms with Gasteiger partial charge in [0.25, 0.3) is 5.91 Å². The molecule has 0 saturated carbocycles. The monoisotopic (exact) mass is 350 g/mol. The van der Waals surface area contributed by atoms with Crippen LogP contribution in [0.25, 0.3) is 10.2 Å². The lowest BCUT2D eigenvalue weighted by Gasteiger charge is -2.04. The highest BCUT2D eigenvalue weighted by Gasteiger charge is 2.15. The van der Waals surface area contributed by atoms with Gasteiger partial charge in [-0.2, -0.15) is 4.99 Å². The van der Waals surface area contributed by atoms with E-state index in [1.807, 2.05) is 0 Å². The summed E-state index contributed by atoms with van der Waals surface area (Å²) in [6.07, 6.45) is 0. The second kappa shape index (κ2) is 7.39. The molecule has 1 amide bonds. The summed E-state index contributed by atoms with van der Waals surface area (Å²) in [5.41, 5.74) is 1.08. The normalized spacial score (nSPS) is 11.8. The molecular formula is C16H18N2O5S. The van der Waals surface area contributed by atoms with E-state index in [9.17, 15) is 14.4 Å². The predicted molar refractivity (Wildman–Crippen MR) is 88.6 cm³/mol. The van der Waals surface area contributed by atoms with E-state index in [1.165, 1.54) is 25.6 Å². The van der Waals surface area contributed by atoms with Gasteiger partial charge in [-0.05, 0) is 18.2 Å². The predicted octanol–water partition coefficient (Wildman–Crippen LogP) is 1.75. The Morgan fingerprint density at radius 3 is 2.50 bits per heavy atom. The number of hydrogen-bond donors (Lipinski definition) is 0. The minimum absolute atomic E-state index is 0.0712. The van der Waals surface area contributed by atoms with E-state index in [0.717, 1.165) is 4.70 Å². The SMILES string of the molecule is COC(=O)Cn1c(=NC(=O)C(C)C)sc2cc(C(=O)OC)ccc21. The number of aromatic nitrogens is 1. The molecule has 2 rings (SSSR count). The number of nitrogens with zero attached hydrogens (tertiary/aromatic N) is 2. The van der Waals surface area contributed by atoms with Crippen molar-refractivity contribution in [1.29, 1.82) is 0 Å². The first-order valence-electron chi connectivity index (χ1n) is 7.24. The number of amides is 1. The van der Waals surface area contributed by atoms with Crippen LogP contribution in [0.2, 0.25) is 0 Å². The molecule has 0 N–H and O–H groups in total. The lowest BCUT2D eigenvalue weighted by Crippen LogP contribution is -2.23. The molecule has 1 aromatic carbocycles. The highest BCUT2D eigenvalue weighted by molar-refractivity contribution is 7.16. The van der Waals surface area contributed by atoms with Crippen molar-refractivity contribution in [3.05, 3.63) is 28.6 Å². The quantitative estimate of drug-likeness (QED) is 0.784. The third-order valence-corrected chi connectivity index (χ3v) is 4.36. The van der Waals surface area contributed by atoms with Crippen LogP contribution in [0.1, 0.15) is 24.2 Å². The van der Waals surface area contributed by atoms with Crippen LogP contribution in [0.5, 0.6) is 0 Å². The number of methoxy groups -OCH3 is 2. The minimum atomic E-state index is -0.457. The number of hydrogen-bond acceptors (Lipinski definition) is 6. The smallest absolute Gasteiger partial charge is 0.337 e. The molecule has 0 spiro atoms. The number of thiazole rings is 1. The molecule has 1 aromatic heterocycles. The van der Waals surface area contributed by atoms with E-state index in [-0.39, 0.29) is 18.4 Å². The number of ether oxygens (including phenoxy) is 2. The molecule has 1 heterocycles. The summed E-state index contributed by atoms with van der Waals surface area (Å²) < 4.78 is 11.7. The van der Waals surface area contributed by atoms with Crippen LogP contribution in [0.4, 0.5) is 0 Å². The number of carbonyl (C=O) groups is 3. The summed E-state index contributed by atoms with van der Waals surface area (Å²) in [7, 11) is 2.60.